The Labute approximate surface area is 209 Å². The van der Waals surface area contributed by atoms with Crippen LogP contribution in [0.15, 0.2) is 40.9 Å². The molecule has 0 bridgehead atoms. The summed E-state index contributed by atoms with van der Waals surface area (Å²) in [6.07, 6.45) is 0.153. The topological polar surface area (TPSA) is 145 Å². The van der Waals surface area contributed by atoms with Crippen LogP contribution in [0.3, 0.4) is 0 Å². The third kappa shape index (κ3) is 3.44. The van der Waals surface area contributed by atoms with Crippen molar-refractivity contribution in [2.75, 3.05) is 20.7 Å². The zero-order chi connectivity index (χ0) is 26.7. The Kier molecular flexibility index (Phi) is 6.61. The highest BCUT2D eigenvalue weighted by molar-refractivity contribution is 6.25. The number of likely N-dealkylation sites (N-methyl/N-ethyl adjacent to an activating group) is 1. The molecule has 3 aliphatic rings. The number of carbonyl (C=O) groups excluding carboxylic acids is 3. The van der Waals surface area contributed by atoms with Crippen molar-refractivity contribution in [3.8, 4) is 5.75 Å². The van der Waals surface area contributed by atoms with Gasteiger partial charge in [0.05, 0.1) is 30.2 Å². The third-order valence-electron chi connectivity index (χ3n) is 7.84. The van der Waals surface area contributed by atoms with Crippen molar-refractivity contribution in [1.82, 2.24) is 4.90 Å². The highest BCUT2D eigenvalue weighted by Gasteiger charge is 2.67. The van der Waals surface area contributed by atoms with E-state index >= 15 is 0 Å². The van der Waals surface area contributed by atoms with E-state index in [1.54, 1.807) is 39.2 Å². The summed E-state index contributed by atoms with van der Waals surface area (Å²) in [6, 6.07) is 3.99. The van der Waals surface area contributed by atoms with Gasteiger partial charge in [-0.3, -0.25) is 19.3 Å². The predicted octanol–water partition coefficient (Wildman–Crippen LogP) is 2.23. The van der Waals surface area contributed by atoms with Crippen LogP contribution >= 0.6 is 0 Å². The van der Waals surface area contributed by atoms with Gasteiger partial charge in [0.25, 0.3) is 0 Å². The number of aliphatic hydroxyl groups excluding tert-OH is 3. The van der Waals surface area contributed by atoms with Gasteiger partial charge in [0.1, 0.15) is 22.8 Å². The number of carbonyl (C=O) groups is 3. The van der Waals surface area contributed by atoms with Crippen molar-refractivity contribution >= 4 is 17.3 Å². The molecule has 1 aromatic carbocycles. The first-order chi connectivity index (χ1) is 16.9. The molecule has 0 radical (unpaired) electrons. The van der Waals surface area contributed by atoms with Gasteiger partial charge >= 0.3 is 0 Å². The summed E-state index contributed by atoms with van der Waals surface area (Å²) < 4.78 is 5.86. The van der Waals surface area contributed by atoms with Crippen molar-refractivity contribution in [3.05, 3.63) is 52.0 Å². The van der Waals surface area contributed by atoms with E-state index in [2.05, 4.69) is 0 Å². The maximum atomic E-state index is 13.9. The molecule has 9 heteroatoms. The van der Waals surface area contributed by atoms with Gasteiger partial charge in [-0.05, 0) is 45.0 Å². The van der Waals surface area contributed by atoms with Crippen LogP contribution in [0.4, 0.5) is 0 Å². The van der Waals surface area contributed by atoms with Crippen molar-refractivity contribution in [3.63, 3.8) is 0 Å². The highest BCUT2D eigenvalue weighted by Crippen LogP contribution is 2.55. The van der Waals surface area contributed by atoms with Crippen molar-refractivity contribution in [2.45, 2.75) is 57.3 Å². The first kappa shape index (κ1) is 26.1. The number of rotatable bonds is 6. The lowest BCUT2D eigenvalue weighted by atomic mass is 9.55. The molecule has 0 fully saturated rings. The highest BCUT2D eigenvalue weighted by atomic mass is 16.5. The van der Waals surface area contributed by atoms with Crippen molar-refractivity contribution in [1.29, 1.82) is 0 Å². The summed E-state index contributed by atoms with van der Waals surface area (Å²) >= 11 is 0. The number of hydrogen-bond donors (Lipinski definition) is 4. The van der Waals surface area contributed by atoms with Crippen LogP contribution in [0.1, 0.15) is 55.5 Å². The van der Waals surface area contributed by atoms with Crippen molar-refractivity contribution in [2.24, 2.45) is 11.8 Å². The fraction of sp³-hybridized carbons (Fsp3) is 0.519. The van der Waals surface area contributed by atoms with E-state index in [0.717, 1.165) is 19.8 Å². The first-order valence-electron chi connectivity index (χ1n) is 12.2. The molecule has 0 aliphatic heterocycles. The second-order valence-electron chi connectivity index (χ2n) is 10.2. The summed E-state index contributed by atoms with van der Waals surface area (Å²) in [4.78, 5) is 41.1. The fourth-order valence-corrected chi connectivity index (χ4v) is 6.12. The van der Waals surface area contributed by atoms with E-state index in [-0.39, 0.29) is 11.1 Å². The Morgan fingerprint density at radius 3 is 2.44 bits per heavy atom. The Balaban J connectivity index is 1.97. The lowest BCUT2D eigenvalue weighted by Crippen LogP contribution is -2.68. The van der Waals surface area contributed by atoms with Crippen LogP contribution in [0, 0.1) is 11.8 Å². The molecule has 3 aliphatic carbocycles. The second kappa shape index (κ2) is 9.14. The van der Waals surface area contributed by atoms with Gasteiger partial charge in [0.15, 0.2) is 17.2 Å². The zero-order valence-corrected chi connectivity index (χ0v) is 21.1. The molecular formula is C27H33NO8. The predicted molar refractivity (Wildman–Crippen MR) is 130 cm³/mol. The molecule has 6 atom stereocenters. The standard InChI is InChI=1S/C27H33NO8/c1-6-7-11-36-15-10-8-9-14-12(2)16-19(22(30)18(14)15)26(34)27(35)20(23(16)31)21(28(4)5)24(32)17(13(3)29)25(27)33/h8-10,12,16,20-21,23,31-32,34-35H,6-7,11H2,1-5H3/t12-,16+,20+,21-,23-,27+/m0/s1. The molecule has 4 rings (SSSR count). The number of hydrogen-bond acceptors (Lipinski definition) is 9. The monoisotopic (exact) mass is 499 g/mol. The van der Waals surface area contributed by atoms with E-state index in [4.69, 9.17) is 4.74 Å². The lowest BCUT2D eigenvalue weighted by molar-refractivity contribution is -0.162. The minimum absolute atomic E-state index is 0.214. The SMILES string of the molecule is CCCCOc1cccc2c1C(=O)C1=C(O)[C@]3(O)C(=O)C(C(C)=O)=C(O)[C@@H](N(C)C)[C@@H]3[C@@H](O)[C@@H]1[C@H]2C. The molecule has 0 unspecified atom stereocenters. The Morgan fingerprint density at radius 1 is 1.19 bits per heavy atom. The van der Waals surface area contributed by atoms with E-state index in [1.807, 2.05) is 6.92 Å². The Hall–Kier alpha value is -3.01. The zero-order valence-electron chi connectivity index (χ0n) is 21.1. The summed E-state index contributed by atoms with van der Waals surface area (Å²) in [7, 11) is 3.12. The molecule has 0 spiro atoms. The van der Waals surface area contributed by atoms with Crippen LogP contribution in [0.5, 0.6) is 5.75 Å². The third-order valence-corrected chi connectivity index (χ3v) is 7.84. The molecule has 36 heavy (non-hydrogen) atoms. The fourth-order valence-electron chi connectivity index (χ4n) is 6.12. The van der Waals surface area contributed by atoms with Gasteiger partial charge in [0.2, 0.25) is 5.78 Å². The number of ketones is 3. The molecule has 0 aromatic heterocycles. The lowest BCUT2D eigenvalue weighted by Gasteiger charge is -2.53. The number of Topliss-reactive ketones (excluding diaryl/α,β-unsaturated/α-hetero) is 3. The molecule has 0 saturated carbocycles. The largest absolute Gasteiger partial charge is 0.510 e. The summed E-state index contributed by atoms with van der Waals surface area (Å²) in [5, 5.41) is 45.8. The van der Waals surface area contributed by atoms with E-state index in [0.29, 0.717) is 17.9 Å². The number of benzene rings is 1. The maximum Gasteiger partial charge on any atom is 0.209 e. The quantitative estimate of drug-likeness (QED) is 0.342. The molecule has 0 heterocycles. The number of ether oxygens (including phenoxy) is 1. The second-order valence-corrected chi connectivity index (χ2v) is 10.2. The van der Waals surface area contributed by atoms with Gasteiger partial charge in [-0.25, -0.2) is 0 Å². The molecule has 9 nitrogen and oxygen atoms in total. The molecule has 0 saturated heterocycles. The van der Waals surface area contributed by atoms with E-state index in [1.165, 1.54) is 4.90 Å². The average Bonchev–Trinajstić information content (AvgIpc) is 2.81. The number of nitrogens with zero attached hydrogens (tertiary/aromatic N) is 1. The minimum atomic E-state index is -2.78. The van der Waals surface area contributed by atoms with Gasteiger partial charge in [-0.2, -0.15) is 0 Å². The minimum Gasteiger partial charge on any atom is -0.510 e. The number of fused-ring (bicyclic) bond motifs is 3. The molecule has 4 N–H and O–H groups in total. The van der Waals surface area contributed by atoms with Gasteiger partial charge < -0.3 is 25.2 Å². The average molecular weight is 500 g/mol. The van der Waals surface area contributed by atoms with Gasteiger partial charge in [0, 0.05) is 11.5 Å². The molecule has 1 aromatic rings. The Bertz CT molecular complexity index is 1200. The van der Waals surface area contributed by atoms with Crippen LogP contribution < -0.4 is 4.74 Å². The first-order valence-corrected chi connectivity index (χ1v) is 12.2. The van der Waals surface area contributed by atoms with Crippen molar-refractivity contribution < 1.29 is 39.5 Å². The smallest absolute Gasteiger partial charge is 0.209 e. The Morgan fingerprint density at radius 2 is 1.86 bits per heavy atom. The van der Waals surface area contributed by atoms with Crippen LogP contribution in [-0.2, 0) is 9.59 Å². The number of aliphatic hydroxyl groups is 4. The maximum absolute atomic E-state index is 13.9. The van der Waals surface area contributed by atoms with Gasteiger partial charge in [-0.1, -0.05) is 32.4 Å². The van der Waals surface area contributed by atoms with Crippen LogP contribution in [-0.4, -0.2) is 81.1 Å². The summed E-state index contributed by atoms with van der Waals surface area (Å²) in [5.74, 6) is -6.74. The van der Waals surface area contributed by atoms with Crippen LogP contribution in [0.25, 0.3) is 0 Å². The number of unbranched alkanes of at least 4 members (excludes halogenated alkanes) is 1. The van der Waals surface area contributed by atoms with E-state index in [9.17, 15) is 34.8 Å². The van der Waals surface area contributed by atoms with Gasteiger partial charge in [-0.15, -0.1) is 0 Å². The molecule has 194 valence electrons. The summed E-state index contributed by atoms with van der Waals surface area (Å²) in [5.41, 5.74) is -2.88. The molecule has 0 amide bonds. The summed E-state index contributed by atoms with van der Waals surface area (Å²) in [6.45, 7) is 5.25. The van der Waals surface area contributed by atoms with E-state index < -0.39 is 69.9 Å². The normalized spacial score (nSPS) is 31.8. The molecular weight excluding hydrogens is 466 g/mol. The van der Waals surface area contributed by atoms with Crippen LogP contribution in [0.2, 0.25) is 0 Å².